The SMILES string of the molecule is CN[C@@H](C)C(=O)N[C@H](C(=O)N1CCC[C@H]1CN1CCC[C@H]1C(c1ccccc1)c1ccccc1)[C@@H](C)OCCCCCCO[C@H](C)[C@H](NC(=O)[C@H](C)NC)C(=O)N1CCC[C@H]1CN1CCC[C@H]1C(c1ccccc1)c1ccccc1. The number of carbonyl (C=O) groups excluding carboxylic acids is 4. The second-order valence-corrected chi connectivity index (χ2v) is 23.2. The molecule has 14 nitrogen and oxygen atoms in total. The van der Waals surface area contributed by atoms with Crippen LogP contribution in [0.4, 0.5) is 0 Å². The summed E-state index contributed by atoms with van der Waals surface area (Å²) in [5.41, 5.74) is 5.26. The van der Waals surface area contributed by atoms with Crippen LogP contribution in [0.15, 0.2) is 121 Å². The third kappa shape index (κ3) is 15.7. The van der Waals surface area contributed by atoms with Crippen LogP contribution in [0, 0.1) is 0 Å². The number of likely N-dealkylation sites (tertiary alicyclic amines) is 4. The van der Waals surface area contributed by atoms with Crippen LogP contribution in [-0.2, 0) is 28.7 Å². The maximum Gasteiger partial charge on any atom is 0.248 e. The lowest BCUT2D eigenvalue weighted by Crippen LogP contribution is -2.58. The second-order valence-electron chi connectivity index (χ2n) is 23.2. The molecule has 0 aromatic heterocycles. The van der Waals surface area contributed by atoms with Crippen LogP contribution in [-0.4, -0.2) is 170 Å². The zero-order chi connectivity index (χ0) is 56.4. The highest BCUT2D eigenvalue weighted by Crippen LogP contribution is 2.39. The molecule has 434 valence electrons. The molecule has 0 saturated carbocycles. The molecule has 80 heavy (non-hydrogen) atoms. The van der Waals surface area contributed by atoms with Crippen LogP contribution in [0.25, 0.3) is 0 Å². The van der Waals surface area contributed by atoms with Gasteiger partial charge >= 0.3 is 0 Å². The first-order chi connectivity index (χ1) is 39.0. The Balaban J connectivity index is 0.829. The molecule has 4 aliphatic heterocycles. The van der Waals surface area contributed by atoms with E-state index in [0.717, 1.165) is 103 Å². The van der Waals surface area contributed by atoms with Gasteiger partial charge in [0.05, 0.1) is 24.3 Å². The van der Waals surface area contributed by atoms with Crippen molar-refractivity contribution >= 4 is 23.6 Å². The summed E-state index contributed by atoms with van der Waals surface area (Å²) in [7, 11) is 3.50. The van der Waals surface area contributed by atoms with Crippen LogP contribution in [0.2, 0.25) is 0 Å². The molecule has 0 bridgehead atoms. The van der Waals surface area contributed by atoms with E-state index in [2.05, 4.69) is 152 Å². The number of ether oxygens (including phenoxy) is 2. The summed E-state index contributed by atoms with van der Waals surface area (Å²) in [6.07, 6.45) is 10.3. The van der Waals surface area contributed by atoms with Gasteiger partial charge in [-0.2, -0.15) is 0 Å². The Hall–Kier alpha value is -5.48. The summed E-state index contributed by atoms with van der Waals surface area (Å²) < 4.78 is 12.8. The number of nitrogens with zero attached hydrogens (tertiary/aromatic N) is 4. The molecule has 14 heteroatoms. The van der Waals surface area contributed by atoms with Gasteiger partial charge in [0.25, 0.3) is 0 Å². The van der Waals surface area contributed by atoms with E-state index in [-0.39, 0.29) is 47.5 Å². The Bertz CT molecular complexity index is 2260. The van der Waals surface area contributed by atoms with Crippen LogP contribution >= 0.6 is 0 Å². The van der Waals surface area contributed by atoms with Crippen molar-refractivity contribution in [2.45, 2.75) is 177 Å². The lowest BCUT2D eigenvalue weighted by molar-refractivity contribution is -0.142. The minimum Gasteiger partial charge on any atom is -0.376 e. The van der Waals surface area contributed by atoms with Crippen LogP contribution in [0.1, 0.15) is 139 Å². The molecular formula is C66H94N8O6. The van der Waals surface area contributed by atoms with Gasteiger partial charge in [-0.1, -0.05) is 134 Å². The quantitative estimate of drug-likeness (QED) is 0.0394. The van der Waals surface area contributed by atoms with Crippen LogP contribution in [0.5, 0.6) is 0 Å². The highest BCUT2D eigenvalue weighted by molar-refractivity contribution is 5.91. The van der Waals surface area contributed by atoms with Gasteiger partial charge in [-0.25, -0.2) is 0 Å². The monoisotopic (exact) mass is 1090 g/mol. The molecule has 4 amide bonds. The number of hydrogen-bond acceptors (Lipinski definition) is 10. The molecule has 4 aromatic rings. The van der Waals surface area contributed by atoms with Gasteiger partial charge in [-0.15, -0.1) is 0 Å². The molecule has 4 aromatic carbocycles. The molecular weight excluding hydrogens is 1000 g/mol. The Morgan fingerprint density at radius 1 is 0.463 bits per heavy atom. The van der Waals surface area contributed by atoms with E-state index >= 15 is 0 Å². The minimum atomic E-state index is -0.823. The van der Waals surface area contributed by atoms with Gasteiger partial charge in [-0.3, -0.25) is 29.0 Å². The molecule has 0 radical (unpaired) electrons. The largest absolute Gasteiger partial charge is 0.376 e. The first kappa shape index (κ1) is 60.6. The zero-order valence-electron chi connectivity index (χ0n) is 48.9. The summed E-state index contributed by atoms with van der Waals surface area (Å²) in [6, 6.07) is 41.4. The summed E-state index contributed by atoms with van der Waals surface area (Å²) >= 11 is 0. The Labute approximate surface area is 478 Å². The predicted molar refractivity (Wildman–Crippen MR) is 318 cm³/mol. The zero-order valence-corrected chi connectivity index (χ0v) is 48.9. The maximum absolute atomic E-state index is 14.7. The highest BCUT2D eigenvalue weighted by atomic mass is 16.5. The standard InChI is InChI=1S/C66H94N8O6/c1-47(67-5)63(75)69-61(65(77)73-41-23-35-55(73)45-71-39-25-37-57(71)59(51-27-13-9-14-28-51)52-29-15-10-16-30-52)49(3)79-43-21-7-8-22-44-80-50(4)62(70-64(76)48(2)68-6)66(78)74-42-24-36-56(74)46-72-40-26-38-58(72)60(53-31-17-11-18-32-53)54-33-19-12-20-34-54/h9-20,27-34,47-50,55-62,67-68H,7-8,21-26,35-46H2,1-6H3,(H,69,75)(H,70,76)/t47-,48-,49+,50+,55-,56-,57-,58-,61-,62-/m0/s1. The summed E-state index contributed by atoms with van der Waals surface area (Å²) in [6.45, 7) is 13.2. The van der Waals surface area contributed by atoms with Crippen LogP contribution in [0.3, 0.4) is 0 Å². The van der Waals surface area contributed by atoms with Gasteiger partial charge in [0.15, 0.2) is 0 Å². The average molecular weight is 1100 g/mol. The van der Waals surface area contributed by atoms with Crippen LogP contribution < -0.4 is 21.3 Å². The van der Waals surface area contributed by atoms with E-state index in [1.54, 1.807) is 27.9 Å². The van der Waals surface area contributed by atoms with E-state index < -0.39 is 36.4 Å². The van der Waals surface area contributed by atoms with Crippen molar-refractivity contribution in [2.24, 2.45) is 0 Å². The van der Waals surface area contributed by atoms with Crippen molar-refractivity contribution in [3.63, 3.8) is 0 Å². The van der Waals surface area contributed by atoms with Crippen molar-refractivity contribution in [2.75, 3.05) is 66.6 Å². The smallest absolute Gasteiger partial charge is 0.248 e. The number of rotatable bonds is 29. The molecule has 10 atom stereocenters. The summed E-state index contributed by atoms with van der Waals surface area (Å²) in [5, 5.41) is 12.2. The number of amides is 4. The van der Waals surface area contributed by atoms with Crippen molar-refractivity contribution in [3.05, 3.63) is 144 Å². The third-order valence-corrected chi connectivity index (χ3v) is 18.0. The minimum absolute atomic E-state index is 0.0411. The lowest BCUT2D eigenvalue weighted by Gasteiger charge is -2.37. The fraction of sp³-hybridized carbons (Fsp3) is 0.576. The molecule has 4 saturated heterocycles. The maximum atomic E-state index is 14.7. The molecule has 0 unspecified atom stereocenters. The molecule has 0 aliphatic carbocycles. The number of unbranched alkanes of at least 4 members (excludes halogenated alkanes) is 3. The average Bonchev–Trinajstić information content (AvgIpc) is 4.39. The number of nitrogens with one attached hydrogen (secondary N) is 4. The van der Waals surface area contributed by atoms with E-state index in [0.29, 0.717) is 38.4 Å². The van der Waals surface area contributed by atoms with E-state index in [1.807, 2.05) is 23.6 Å². The fourth-order valence-corrected chi connectivity index (χ4v) is 13.2. The normalized spacial score (nSPS) is 22.1. The first-order valence-electron chi connectivity index (χ1n) is 30.4. The number of benzene rings is 4. The molecule has 0 spiro atoms. The molecule has 8 rings (SSSR count). The van der Waals surface area contributed by atoms with E-state index in [9.17, 15) is 19.2 Å². The third-order valence-electron chi connectivity index (χ3n) is 18.0. The Morgan fingerprint density at radius 2 is 0.787 bits per heavy atom. The Morgan fingerprint density at radius 3 is 1.11 bits per heavy atom. The van der Waals surface area contributed by atoms with Gasteiger partial charge in [0.2, 0.25) is 23.6 Å². The predicted octanol–water partition coefficient (Wildman–Crippen LogP) is 8.12. The summed E-state index contributed by atoms with van der Waals surface area (Å²) in [4.78, 5) is 65.7. The molecule has 4 N–H and O–H groups in total. The Kier molecular flexibility index (Phi) is 23.1. The molecule has 4 aliphatic rings. The molecule has 4 heterocycles. The van der Waals surface area contributed by atoms with Gasteiger partial charge < -0.3 is 40.5 Å². The number of hydrogen-bond donors (Lipinski definition) is 4. The van der Waals surface area contributed by atoms with Crippen molar-refractivity contribution in [1.82, 2.24) is 40.9 Å². The highest BCUT2D eigenvalue weighted by Gasteiger charge is 2.43. The van der Waals surface area contributed by atoms with Crippen molar-refractivity contribution < 1.29 is 28.7 Å². The van der Waals surface area contributed by atoms with Gasteiger partial charge in [0.1, 0.15) is 12.1 Å². The van der Waals surface area contributed by atoms with E-state index in [4.69, 9.17) is 9.47 Å². The first-order valence-corrected chi connectivity index (χ1v) is 30.4. The topological polar surface area (TPSA) is 148 Å². The lowest BCUT2D eigenvalue weighted by atomic mass is 9.83. The van der Waals surface area contributed by atoms with Gasteiger partial charge in [0, 0.05) is 75.4 Å². The van der Waals surface area contributed by atoms with Gasteiger partial charge in [-0.05, 0) is 141 Å². The van der Waals surface area contributed by atoms with Crippen molar-refractivity contribution in [1.29, 1.82) is 0 Å². The fourth-order valence-electron chi connectivity index (χ4n) is 13.2. The van der Waals surface area contributed by atoms with Crippen molar-refractivity contribution in [3.8, 4) is 0 Å². The molecule has 4 fully saturated rings. The second kappa shape index (κ2) is 30.5. The number of carbonyl (C=O) groups is 4. The summed E-state index contributed by atoms with van der Waals surface area (Å²) in [5.74, 6) is -0.157. The van der Waals surface area contributed by atoms with E-state index in [1.165, 1.54) is 22.3 Å². The number of likely N-dealkylation sites (N-methyl/N-ethyl adjacent to an activating group) is 2.